The van der Waals surface area contributed by atoms with E-state index in [0.717, 1.165) is 99.0 Å². The SMILES string of the molecule is CCN(CC)C(=O)[C@]1(C)CC[C@]2(C)CC[C@]3(C)C4=CC=C5C(=CC(=O)C(O)=C5C)[C@]4(C)CC[C@@]3(C)[C@@H]2C1.CCN(CC)C[C@]1(C)CC[C@]2(C)CC[C@]3(C)C4=CC=C5C(=CC(=O)C(O)=C5C)[C@]4(C)CC[C@@]3(C)[C@@H]2C1. The summed E-state index contributed by atoms with van der Waals surface area (Å²) < 4.78 is 0. The first kappa shape index (κ1) is 54.1. The number of carbonyl (C=O) groups excluding carboxylic acids is 3. The molecule has 0 bridgehead atoms. The number of ketones is 2. The second-order valence-electron chi connectivity index (χ2n) is 28.4. The number of aliphatic hydroxyl groups is 2. The molecule has 10 aliphatic carbocycles. The molecule has 0 aliphatic heterocycles. The summed E-state index contributed by atoms with van der Waals surface area (Å²) in [6.45, 7) is 42.5. The van der Waals surface area contributed by atoms with Gasteiger partial charge in [0, 0.05) is 47.0 Å². The van der Waals surface area contributed by atoms with Crippen LogP contribution in [0.5, 0.6) is 0 Å². The number of carbonyl (C=O) groups is 3. The first-order chi connectivity index (χ1) is 34.0. The summed E-state index contributed by atoms with van der Waals surface area (Å²) in [5.74, 6) is 0.835. The zero-order valence-corrected chi connectivity index (χ0v) is 48.6. The van der Waals surface area contributed by atoms with Gasteiger partial charge in [-0.05, 0) is 215 Å². The molecule has 7 heteroatoms. The second kappa shape index (κ2) is 17.7. The number of allylic oxidation sites excluding steroid dienone is 14. The van der Waals surface area contributed by atoms with E-state index in [4.69, 9.17) is 0 Å². The van der Waals surface area contributed by atoms with Crippen molar-refractivity contribution in [3.05, 3.63) is 92.6 Å². The molecule has 0 aromatic carbocycles. The third-order valence-electron chi connectivity index (χ3n) is 24.9. The van der Waals surface area contributed by atoms with Crippen molar-refractivity contribution in [2.75, 3.05) is 32.7 Å². The third kappa shape index (κ3) is 7.56. The molecule has 6 saturated carbocycles. The van der Waals surface area contributed by atoms with E-state index in [0.29, 0.717) is 34.1 Å². The number of aliphatic hydroxyl groups excluding tert-OH is 2. The Bertz CT molecular complexity index is 2650. The van der Waals surface area contributed by atoms with Gasteiger partial charge in [0.15, 0.2) is 11.5 Å². The molecule has 0 aromatic heterocycles. The van der Waals surface area contributed by atoms with Crippen molar-refractivity contribution < 1.29 is 24.6 Å². The molecule has 0 unspecified atom stereocenters. The average Bonchev–Trinajstić information content (AvgIpc) is 3.35. The van der Waals surface area contributed by atoms with Crippen LogP contribution in [0.2, 0.25) is 0 Å². The van der Waals surface area contributed by atoms with Gasteiger partial charge in [0.2, 0.25) is 17.5 Å². The fraction of sp³-hybridized carbons (Fsp3) is 0.712. The Morgan fingerprint density at radius 3 is 1.37 bits per heavy atom. The van der Waals surface area contributed by atoms with E-state index < -0.39 is 0 Å². The summed E-state index contributed by atoms with van der Waals surface area (Å²) >= 11 is 0. The maximum atomic E-state index is 13.8. The van der Waals surface area contributed by atoms with Crippen molar-refractivity contribution in [1.29, 1.82) is 0 Å². The Balaban J connectivity index is 0.000000180. The molecule has 0 heterocycles. The van der Waals surface area contributed by atoms with Crippen molar-refractivity contribution in [3.63, 3.8) is 0 Å². The molecule has 2 N–H and O–H groups in total. The summed E-state index contributed by atoms with van der Waals surface area (Å²) in [6, 6.07) is 0. The number of fused-ring (bicyclic) bond motifs is 14. The van der Waals surface area contributed by atoms with Crippen LogP contribution in [-0.4, -0.2) is 70.2 Å². The van der Waals surface area contributed by atoms with Gasteiger partial charge in [0.25, 0.3) is 0 Å². The maximum Gasteiger partial charge on any atom is 0.228 e. The summed E-state index contributed by atoms with van der Waals surface area (Å²) in [6.07, 6.45) is 28.9. The monoisotopic (exact) mass is 997 g/mol. The van der Waals surface area contributed by atoms with Crippen LogP contribution in [0, 0.1) is 66.0 Å². The van der Waals surface area contributed by atoms with Crippen LogP contribution < -0.4 is 0 Å². The Labute approximate surface area is 441 Å². The minimum Gasteiger partial charge on any atom is -0.504 e. The number of rotatable bonds is 7. The predicted molar refractivity (Wildman–Crippen MR) is 298 cm³/mol. The van der Waals surface area contributed by atoms with E-state index in [1.807, 2.05) is 18.7 Å². The van der Waals surface area contributed by atoms with Crippen molar-refractivity contribution in [2.45, 2.75) is 201 Å². The normalized spacial score (nSPS) is 43.6. The van der Waals surface area contributed by atoms with Gasteiger partial charge in [-0.25, -0.2) is 0 Å². The molecule has 0 radical (unpaired) electrons. The molecule has 0 aromatic rings. The van der Waals surface area contributed by atoms with Crippen LogP contribution in [0.15, 0.2) is 92.6 Å². The summed E-state index contributed by atoms with van der Waals surface area (Å²) in [7, 11) is 0. The van der Waals surface area contributed by atoms with E-state index in [1.165, 1.54) is 57.1 Å². The standard InChI is InChI=1S/C33H47NO3.C33H49NO2/c1-9-34(10-2)28(37)30(5)14-13-29(4)15-17-32(7)25-12-11-22-21(3)27(36)24(35)19-23(22)31(25,6)16-18-33(32,8)26(29)20-30;1-9-34(10-2)21-29(4)13-14-30(5)15-17-32(7)26-12-11-23-22(3)28(36)25(35)19-24(23)31(26,6)16-18-33(32,8)27(30)20-29/h11-12,19,26,36H,9-10,13-18,20H2,1-8H3;11-12,19,27,36H,9-10,13-18,20-21H2,1-8H3/t26-,29-,30-,31+,32-,33+;27-,29-,30-,31+,32-,33+/m11/s1. The number of hydrogen-bond acceptors (Lipinski definition) is 6. The lowest BCUT2D eigenvalue weighted by Crippen LogP contribution is -2.62. The predicted octanol–water partition coefficient (Wildman–Crippen LogP) is 15.4. The summed E-state index contributed by atoms with van der Waals surface area (Å²) in [5, 5.41) is 20.7. The number of nitrogens with zero attached hydrogens (tertiary/aromatic N) is 2. The lowest BCUT2D eigenvalue weighted by Gasteiger charge is -2.70. The maximum absolute atomic E-state index is 13.8. The van der Waals surface area contributed by atoms with Crippen molar-refractivity contribution >= 4 is 17.5 Å². The molecule has 400 valence electrons. The van der Waals surface area contributed by atoms with Gasteiger partial charge in [0.05, 0.1) is 0 Å². The molecule has 6 fully saturated rings. The van der Waals surface area contributed by atoms with Gasteiger partial charge in [-0.15, -0.1) is 0 Å². The summed E-state index contributed by atoms with van der Waals surface area (Å²) in [5.41, 5.74) is 9.59. The molecular formula is C66H96N2O5. The van der Waals surface area contributed by atoms with Gasteiger partial charge in [0.1, 0.15) is 0 Å². The zero-order valence-electron chi connectivity index (χ0n) is 48.6. The van der Waals surface area contributed by atoms with E-state index in [2.05, 4.69) is 126 Å². The van der Waals surface area contributed by atoms with Crippen LogP contribution in [0.4, 0.5) is 0 Å². The topological polar surface area (TPSA) is 98.2 Å². The van der Waals surface area contributed by atoms with Gasteiger partial charge in [-0.1, -0.05) is 119 Å². The van der Waals surface area contributed by atoms with Gasteiger partial charge in [-0.2, -0.15) is 0 Å². The molecular weight excluding hydrogens is 901 g/mol. The second-order valence-corrected chi connectivity index (χ2v) is 28.4. The van der Waals surface area contributed by atoms with Crippen molar-refractivity contribution in [2.24, 2.45) is 66.0 Å². The fourth-order valence-electron chi connectivity index (χ4n) is 19.2. The van der Waals surface area contributed by atoms with Crippen LogP contribution in [0.1, 0.15) is 201 Å². The zero-order chi connectivity index (χ0) is 53.5. The minimum atomic E-state index is -0.302. The Morgan fingerprint density at radius 1 is 0.534 bits per heavy atom. The number of hydrogen-bond donors (Lipinski definition) is 2. The smallest absolute Gasteiger partial charge is 0.228 e. The van der Waals surface area contributed by atoms with Crippen molar-refractivity contribution in [1.82, 2.24) is 9.80 Å². The molecule has 12 atom stereocenters. The minimum absolute atomic E-state index is 0.0102. The van der Waals surface area contributed by atoms with Crippen LogP contribution in [-0.2, 0) is 14.4 Å². The molecule has 10 rings (SSSR count). The van der Waals surface area contributed by atoms with Gasteiger partial charge in [-0.3, -0.25) is 14.4 Å². The molecule has 10 aliphatic rings. The van der Waals surface area contributed by atoms with E-state index in [9.17, 15) is 24.6 Å². The fourth-order valence-corrected chi connectivity index (χ4v) is 19.2. The average molecular weight is 998 g/mol. The highest BCUT2D eigenvalue weighted by Gasteiger charge is 2.69. The highest BCUT2D eigenvalue weighted by molar-refractivity contribution is 6.07. The first-order valence-electron chi connectivity index (χ1n) is 29.2. The Kier molecular flexibility index (Phi) is 13.1. The van der Waals surface area contributed by atoms with Crippen LogP contribution >= 0.6 is 0 Å². The highest BCUT2D eigenvalue weighted by Crippen LogP contribution is 2.77. The molecule has 7 nitrogen and oxygen atoms in total. The third-order valence-corrected chi connectivity index (χ3v) is 24.9. The van der Waals surface area contributed by atoms with Gasteiger partial charge < -0.3 is 20.0 Å². The first-order valence-corrected chi connectivity index (χ1v) is 29.2. The van der Waals surface area contributed by atoms with Gasteiger partial charge >= 0.3 is 0 Å². The quantitative estimate of drug-likeness (QED) is 0.264. The lowest BCUT2D eigenvalue weighted by molar-refractivity contribution is -0.174. The Hall–Kier alpha value is -3.71. The summed E-state index contributed by atoms with van der Waals surface area (Å²) in [4.78, 5) is 43.9. The Morgan fingerprint density at radius 2 is 0.945 bits per heavy atom. The van der Waals surface area contributed by atoms with Crippen molar-refractivity contribution in [3.8, 4) is 0 Å². The molecule has 0 spiro atoms. The van der Waals surface area contributed by atoms with Crippen LogP contribution in [0.3, 0.4) is 0 Å². The molecule has 73 heavy (non-hydrogen) atoms. The molecule has 0 saturated heterocycles. The number of amides is 1. The lowest BCUT2D eigenvalue weighted by atomic mass is 9.34. The van der Waals surface area contributed by atoms with E-state index >= 15 is 0 Å². The van der Waals surface area contributed by atoms with E-state index in [1.54, 1.807) is 17.7 Å². The molecule has 1 amide bonds. The largest absolute Gasteiger partial charge is 0.504 e. The van der Waals surface area contributed by atoms with Crippen LogP contribution in [0.25, 0.3) is 0 Å². The van der Waals surface area contributed by atoms with E-state index in [-0.39, 0.29) is 66.4 Å². The highest BCUT2D eigenvalue weighted by atomic mass is 16.3.